The number of aromatic nitrogens is 1. The van der Waals surface area contributed by atoms with E-state index in [2.05, 4.69) is 83.2 Å². The third kappa shape index (κ3) is 2.42. The normalized spacial score (nSPS) is 13.5. The van der Waals surface area contributed by atoms with Gasteiger partial charge in [0.1, 0.15) is 6.67 Å². The molecular weight excluding hydrogens is 294 g/mol. The minimum atomic E-state index is 0.479. The molecule has 24 heavy (non-hydrogen) atoms. The Kier molecular flexibility index (Phi) is 3.69. The minimum Gasteiger partial charge on any atom is -0.319 e. The first-order valence-electron chi connectivity index (χ1n) is 8.40. The Morgan fingerprint density at radius 1 is 0.792 bits per heavy atom. The molecule has 2 heterocycles. The van der Waals surface area contributed by atoms with Gasteiger partial charge in [-0.15, -0.1) is 0 Å². The van der Waals surface area contributed by atoms with Gasteiger partial charge in [0.25, 0.3) is 0 Å². The van der Waals surface area contributed by atoms with Crippen LogP contribution in [-0.4, -0.2) is 11.7 Å². The van der Waals surface area contributed by atoms with Crippen molar-refractivity contribution >= 4 is 22.9 Å². The molecule has 0 fully saturated rings. The lowest BCUT2D eigenvalue weighted by atomic mass is 10.0. The Balaban J connectivity index is 1.82. The lowest BCUT2D eigenvalue weighted by Crippen LogP contribution is -2.25. The van der Waals surface area contributed by atoms with E-state index in [1.54, 1.807) is 0 Å². The van der Waals surface area contributed by atoms with Crippen LogP contribution in [0.15, 0.2) is 72.9 Å². The zero-order valence-corrected chi connectivity index (χ0v) is 14.1. The van der Waals surface area contributed by atoms with Crippen LogP contribution in [0.5, 0.6) is 0 Å². The van der Waals surface area contributed by atoms with Crippen molar-refractivity contribution in [2.24, 2.45) is 0 Å². The van der Waals surface area contributed by atoms with Crippen LogP contribution in [0.25, 0.3) is 0 Å². The molecule has 0 atom stereocenters. The summed E-state index contributed by atoms with van der Waals surface area (Å²) in [5, 5.41) is 0. The first kappa shape index (κ1) is 14.8. The van der Waals surface area contributed by atoms with Crippen LogP contribution in [0.1, 0.15) is 25.3 Å². The first-order chi connectivity index (χ1) is 11.8. The van der Waals surface area contributed by atoms with Gasteiger partial charge in [0.2, 0.25) is 0 Å². The predicted molar refractivity (Wildman–Crippen MR) is 100 cm³/mol. The fourth-order valence-corrected chi connectivity index (χ4v) is 3.33. The van der Waals surface area contributed by atoms with E-state index < -0.39 is 0 Å². The molecule has 1 aromatic heterocycles. The Hall–Kier alpha value is -2.81. The highest BCUT2D eigenvalue weighted by molar-refractivity contribution is 5.85. The molecule has 1 aliphatic rings. The molecule has 0 saturated heterocycles. The van der Waals surface area contributed by atoms with Gasteiger partial charge in [-0.2, -0.15) is 0 Å². The number of pyridine rings is 1. The highest BCUT2D eigenvalue weighted by Crippen LogP contribution is 2.44. The average molecular weight is 315 g/mol. The van der Waals surface area contributed by atoms with Crippen molar-refractivity contribution in [2.45, 2.75) is 19.8 Å². The largest absolute Gasteiger partial charge is 0.319 e. The molecule has 0 amide bonds. The summed E-state index contributed by atoms with van der Waals surface area (Å²) < 4.78 is 0. The molecule has 3 aromatic rings. The van der Waals surface area contributed by atoms with Crippen molar-refractivity contribution < 1.29 is 0 Å². The van der Waals surface area contributed by atoms with Crippen molar-refractivity contribution in [3.05, 3.63) is 78.5 Å². The summed E-state index contributed by atoms with van der Waals surface area (Å²) in [6, 6.07) is 23.3. The summed E-state index contributed by atoms with van der Waals surface area (Å²) >= 11 is 0. The molecular formula is C21H21N3. The molecule has 0 bridgehead atoms. The van der Waals surface area contributed by atoms with Gasteiger partial charge >= 0.3 is 0 Å². The van der Waals surface area contributed by atoms with Crippen LogP contribution >= 0.6 is 0 Å². The van der Waals surface area contributed by atoms with Gasteiger partial charge in [-0.25, -0.2) is 4.98 Å². The third-order valence-corrected chi connectivity index (χ3v) is 4.51. The topological polar surface area (TPSA) is 19.4 Å². The molecule has 2 aromatic carbocycles. The second-order valence-corrected chi connectivity index (χ2v) is 6.39. The number of para-hydroxylation sites is 2. The van der Waals surface area contributed by atoms with Crippen LogP contribution in [0.3, 0.4) is 0 Å². The van der Waals surface area contributed by atoms with Gasteiger partial charge in [-0.3, -0.25) is 0 Å². The van der Waals surface area contributed by atoms with E-state index in [0.29, 0.717) is 5.92 Å². The Labute approximate surface area is 143 Å². The fourth-order valence-electron chi connectivity index (χ4n) is 3.33. The highest BCUT2D eigenvalue weighted by Gasteiger charge is 2.30. The summed E-state index contributed by atoms with van der Waals surface area (Å²) in [7, 11) is 0. The van der Waals surface area contributed by atoms with Crippen LogP contribution < -0.4 is 9.80 Å². The SMILES string of the molecule is CC(C)c1ccccc1N1CN(c2ccccc2)c2ncccc21. The third-order valence-electron chi connectivity index (χ3n) is 4.51. The van der Waals surface area contributed by atoms with E-state index in [9.17, 15) is 0 Å². The Morgan fingerprint density at radius 2 is 1.50 bits per heavy atom. The van der Waals surface area contributed by atoms with Crippen molar-refractivity contribution in [3.8, 4) is 0 Å². The van der Waals surface area contributed by atoms with Gasteiger partial charge in [-0.1, -0.05) is 50.2 Å². The molecule has 120 valence electrons. The lowest BCUT2D eigenvalue weighted by molar-refractivity contribution is 0.854. The standard InChI is InChI=1S/C21H21N3/c1-16(2)18-11-6-7-12-19(18)24-15-23(17-9-4-3-5-10-17)21-20(24)13-8-14-22-21/h3-14,16H,15H2,1-2H3. The molecule has 4 rings (SSSR count). The van der Waals surface area contributed by atoms with Crippen LogP contribution in [0.4, 0.5) is 22.9 Å². The molecule has 0 unspecified atom stereocenters. The van der Waals surface area contributed by atoms with Gasteiger partial charge in [0, 0.05) is 17.6 Å². The van der Waals surface area contributed by atoms with Gasteiger partial charge in [0.15, 0.2) is 5.82 Å². The van der Waals surface area contributed by atoms with Crippen molar-refractivity contribution in [1.29, 1.82) is 0 Å². The summed E-state index contributed by atoms with van der Waals surface area (Å²) in [6.07, 6.45) is 1.87. The number of fused-ring (bicyclic) bond motifs is 1. The monoisotopic (exact) mass is 315 g/mol. The number of benzene rings is 2. The second-order valence-electron chi connectivity index (χ2n) is 6.39. The first-order valence-corrected chi connectivity index (χ1v) is 8.40. The highest BCUT2D eigenvalue weighted by atomic mass is 15.4. The second kappa shape index (κ2) is 6.00. The molecule has 3 heteroatoms. The van der Waals surface area contributed by atoms with E-state index in [-0.39, 0.29) is 0 Å². The molecule has 3 nitrogen and oxygen atoms in total. The maximum Gasteiger partial charge on any atom is 0.158 e. The van der Waals surface area contributed by atoms with Crippen LogP contribution in [0, 0.1) is 0 Å². The number of nitrogens with zero attached hydrogens (tertiary/aromatic N) is 3. The Morgan fingerprint density at radius 3 is 2.29 bits per heavy atom. The maximum atomic E-state index is 4.65. The summed E-state index contributed by atoms with van der Waals surface area (Å²) in [5.41, 5.74) is 4.96. The van der Waals surface area contributed by atoms with E-state index in [0.717, 1.165) is 18.2 Å². The van der Waals surface area contributed by atoms with E-state index in [1.165, 1.54) is 16.9 Å². The molecule has 1 aliphatic heterocycles. The molecule has 0 N–H and O–H groups in total. The quantitative estimate of drug-likeness (QED) is 0.640. The number of hydrogen-bond donors (Lipinski definition) is 0. The van der Waals surface area contributed by atoms with Gasteiger partial charge in [-0.05, 0) is 41.8 Å². The number of hydrogen-bond acceptors (Lipinski definition) is 3. The van der Waals surface area contributed by atoms with E-state index in [4.69, 9.17) is 0 Å². The average Bonchev–Trinajstić information content (AvgIpc) is 3.02. The zero-order chi connectivity index (χ0) is 16.5. The Bertz CT molecular complexity index is 842. The van der Waals surface area contributed by atoms with Crippen molar-refractivity contribution in [2.75, 3.05) is 16.5 Å². The molecule has 0 radical (unpaired) electrons. The molecule has 0 aliphatic carbocycles. The molecule has 0 saturated carbocycles. The summed E-state index contributed by atoms with van der Waals surface area (Å²) in [4.78, 5) is 9.29. The van der Waals surface area contributed by atoms with Crippen LogP contribution in [-0.2, 0) is 0 Å². The van der Waals surface area contributed by atoms with E-state index in [1.807, 2.05) is 18.3 Å². The van der Waals surface area contributed by atoms with Crippen molar-refractivity contribution in [3.63, 3.8) is 0 Å². The van der Waals surface area contributed by atoms with Crippen LogP contribution in [0.2, 0.25) is 0 Å². The van der Waals surface area contributed by atoms with E-state index >= 15 is 0 Å². The zero-order valence-electron chi connectivity index (χ0n) is 14.1. The maximum absolute atomic E-state index is 4.65. The number of rotatable bonds is 3. The lowest BCUT2D eigenvalue weighted by Gasteiger charge is -2.25. The predicted octanol–water partition coefficient (Wildman–Crippen LogP) is 5.45. The smallest absolute Gasteiger partial charge is 0.158 e. The summed E-state index contributed by atoms with van der Waals surface area (Å²) in [6.45, 7) is 5.27. The van der Waals surface area contributed by atoms with Gasteiger partial charge in [0.05, 0.1) is 5.69 Å². The summed E-state index contributed by atoms with van der Waals surface area (Å²) in [5.74, 6) is 1.49. The number of anilines is 4. The van der Waals surface area contributed by atoms with Gasteiger partial charge < -0.3 is 9.80 Å². The minimum absolute atomic E-state index is 0.479. The molecule has 0 spiro atoms. The fraction of sp³-hybridized carbons (Fsp3) is 0.190. The van der Waals surface area contributed by atoms with Crippen molar-refractivity contribution in [1.82, 2.24) is 4.98 Å².